The number of rotatable bonds is 0. The first kappa shape index (κ1) is 11.1. The first-order chi connectivity index (χ1) is 7.30. The molecule has 3 rings (SSSR count). The van der Waals surface area contributed by atoms with E-state index in [2.05, 4.69) is 27.7 Å². The molecule has 0 radical (unpaired) electrons. The average Bonchev–Trinajstić information content (AvgIpc) is 2.28. The van der Waals surface area contributed by atoms with Crippen molar-refractivity contribution in [3.63, 3.8) is 0 Å². The molecule has 0 aromatic heterocycles. The summed E-state index contributed by atoms with van der Waals surface area (Å²) in [5.74, 6) is 2.17. The van der Waals surface area contributed by atoms with Crippen molar-refractivity contribution < 1.29 is 5.11 Å². The molecule has 16 heavy (non-hydrogen) atoms. The van der Waals surface area contributed by atoms with E-state index in [1.54, 1.807) is 0 Å². The first-order valence-electron chi connectivity index (χ1n) is 7.03. The van der Waals surface area contributed by atoms with Gasteiger partial charge in [0.2, 0.25) is 0 Å². The molecule has 3 saturated carbocycles. The van der Waals surface area contributed by atoms with E-state index in [1.165, 1.54) is 25.7 Å². The van der Waals surface area contributed by atoms with Crippen LogP contribution in [0.25, 0.3) is 0 Å². The minimum absolute atomic E-state index is 0.206. The standard InChI is InChI=1S/C15H26O/c1-10-5-8-15(16)12-11(10)6-7-14(15,4)9-13(12,2)3/h10-12,16H,5-9H2,1-4H3/t10-,11+,12?,14+,15+/m1/s1. The molecular weight excluding hydrogens is 196 g/mol. The zero-order chi connectivity index (χ0) is 11.8. The maximum Gasteiger partial charge on any atom is 0.0737 e. The van der Waals surface area contributed by atoms with Crippen LogP contribution >= 0.6 is 0 Å². The van der Waals surface area contributed by atoms with Crippen molar-refractivity contribution in [2.75, 3.05) is 0 Å². The van der Waals surface area contributed by atoms with Crippen molar-refractivity contribution in [2.24, 2.45) is 28.6 Å². The largest absolute Gasteiger partial charge is 0.389 e. The third-order valence-electron chi connectivity index (χ3n) is 6.42. The van der Waals surface area contributed by atoms with Crippen LogP contribution in [-0.2, 0) is 0 Å². The van der Waals surface area contributed by atoms with Crippen LogP contribution in [0.2, 0.25) is 0 Å². The van der Waals surface area contributed by atoms with Crippen LogP contribution in [0.1, 0.15) is 59.8 Å². The van der Waals surface area contributed by atoms with Gasteiger partial charge in [-0.05, 0) is 60.7 Å². The van der Waals surface area contributed by atoms with E-state index in [0.29, 0.717) is 11.3 Å². The summed E-state index contributed by atoms with van der Waals surface area (Å²) in [4.78, 5) is 0. The molecule has 3 aliphatic rings. The van der Waals surface area contributed by atoms with Gasteiger partial charge in [-0.15, -0.1) is 0 Å². The van der Waals surface area contributed by atoms with E-state index in [0.717, 1.165) is 18.3 Å². The summed E-state index contributed by atoms with van der Waals surface area (Å²) in [6, 6.07) is 0. The Morgan fingerprint density at radius 2 is 1.75 bits per heavy atom. The number of hydrogen-bond acceptors (Lipinski definition) is 1. The molecule has 3 fully saturated rings. The van der Waals surface area contributed by atoms with Gasteiger partial charge in [-0.3, -0.25) is 0 Å². The van der Waals surface area contributed by atoms with Crippen molar-refractivity contribution in [1.82, 2.24) is 0 Å². The molecule has 5 atom stereocenters. The smallest absolute Gasteiger partial charge is 0.0737 e. The molecule has 0 aromatic carbocycles. The van der Waals surface area contributed by atoms with Crippen LogP contribution in [0.5, 0.6) is 0 Å². The van der Waals surface area contributed by atoms with Gasteiger partial charge in [0.15, 0.2) is 0 Å². The molecule has 0 amide bonds. The fourth-order valence-electron chi connectivity index (χ4n) is 5.91. The summed E-state index contributed by atoms with van der Waals surface area (Å²) in [5.41, 5.74) is 0.211. The Morgan fingerprint density at radius 1 is 1.06 bits per heavy atom. The molecular formula is C15H26O. The molecule has 0 saturated heterocycles. The van der Waals surface area contributed by atoms with Crippen LogP contribution in [0.15, 0.2) is 0 Å². The molecule has 92 valence electrons. The van der Waals surface area contributed by atoms with Crippen molar-refractivity contribution in [1.29, 1.82) is 0 Å². The quantitative estimate of drug-likeness (QED) is 0.664. The van der Waals surface area contributed by atoms with Crippen molar-refractivity contribution in [3.8, 4) is 0 Å². The highest BCUT2D eigenvalue weighted by atomic mass is 16.3. The van der Waals surface area contributed by atoms with E-state index in [-0.39, 0.29) is 11.0 Å². The Kier molecular flexibility index (Phi) is 1.98. The lowest BCUT2D eigenvalue weighted by atomic mass is 9.52. The third-order valence-corrected chi connectivity index (χ3v) is 6.42. The van der Waals surface area contributed by atoms with Gasteiger partial charge in [0.05, 0.1) is 5.60 Å². The zero-order valence-corrected chi connectivity index (χ0v) is 11.2. The third kappa shape index (κ3) is 1.06. The Morgan fingerprint density at radius 3 is 2.44 bits per heavy atom. The molecule has 1 unspecified atom stereocenters. The summed E-state index contributed by atoms with van der Waals surface area (Å²) < 4.78 is 0. The molecule has 1 heteroatoms. The van der Waals surface area contributed by atoms with Crippen LogP contribution in [0.4, 0.5) is 0 Å². The lowest BCUT2D eigenvalue weighted by molar-refractivity contribution is -0.174. The summed E-state index contributed by atoms with van der Waals surface area (Å²) in [5, 5.41) is 11.2. The lowest BCUT2D eigenvalue weighted by Crippen LogP contribution is -2.57. The molecule has 0 aliphatic heterocycles. The number of hydrogen-bond donors (Lipinski definition) is 1. The van der Waals surface area contributed by atoms with Crippen LogP contribution in [-0.4, -0.2) is 10.7 Å². The molecule has 1 nitrogen and oxygen atoms in total. The molecule has 0 spiro atoms. The predicted molar refractivity (Wildman–Crippen MR) is 66.1 cm³/mol. The van der Waals surface area contributed by atoms with Gasteiger partial charge in [-0.1, -0.05) is 27.7 Å². The van der Waals surface area contributed by atoms with E-state index < -0.39 is 0 Å². The van der Waals surface area contributed by atoms with Gasteiger partial charge >= 0.3 is 0 Å². The highest BCUT2D eigenvalue weighted by Gasteiger charge is 2.69. The maximum absolute atomic E-state index is 11.2. The van der Waals surface area contributed by atoms with Crippen LogP contribution < -0.4 is 0 Å². The average molecular weight is 222 g/mol. The monoisotopic (exact) mass is 222 g/mol. The summed E-state index contributed by atoms with van der Waals surface area (Å²) in [6.45, 7) is 9.54. The summed E-state index contributed by atoms with van der Waals surface area (Å²) in [7, 11) is 0. The normalized spacial score (nSPS) is 58.7. The van der Waals surface area contributed by atoms with E-state index in [9.17, 15) is 5.11 Å². The molecule has 3 aliphatic carbocycles. The van der Waals surface area contributed by atoms with Gasteiger partial charge in [0.1, 0.15) is 0 Å². The van der Waals surface area contributed by atoms with Gasteiger partial charge in [-0.25, -0.2) is 0 Å². The molecule has 0 aromatic rings. The second kappa shape index (κ2) is 2.85. The second-order valence-electron chi connectivity index (χ2n) is 7.85. The van der Waals surface area contributed by atoms with Gasteiger partial charge in [0, 0.05) is 0 Å². The number of aliphatic hydroxyl groups is 1. The van der Waals surface area contributed by atoms with Crippen molar-refractivity contribution >= 4 is 0 Å². The molecule has 0 heterocycles. The zero-order valence-electron chi connectivity index (χ0n) is 11.2. The second-order valence-corrected chi connectivity index (χ2v) is 7.85. The fourth-order valence-corrected chi connectivity index (χ4v) is 5.91. The fraction of sp³-hybridized carbons (Fsp3) is 1.00. The van der Waals surface area contributed by atoms with E-state index in [4.69, 9.17) is 0 Å². The Hall–Kier alpha value is -0.0400. The highest BCUT2D eigenvalue weighted by Crippen LogP contribution is 2.71. The van der Waals surface area contributed by atoms with Crippen molar-refractivity contribution in [2.45, 2.75) is 65.4 Å². The van der Waals surface area contributed by atoms with Gasteiger partial charge in [-0.2, -0.15) is 0 Å². The molecule has 4 bridgehead atoms. The van der Waals surface area contributed by atoms with Crippen LogP contribution in [0, 0.1) is 28.6 Å². The SMILES string of the molecule is C[C@@H]1CC[C@]2(O)C3[C@H]1CC[C@@]2(C)CC3(C)C. The van der Waals surface area contributed by atoms with Crippen LogP contribution in [0.3, 0.4) is 0 Å². The Balaban J connectivity index is 2.11. The summed E-state index contributed by atoms with van der Waals surface area (Å²) >= 11 is 0. The van der Waals surface area contributed by atoms with Crippen molar-refractivity contribution in [3.05, 3.63) is 0 Å². The minimum Gasteiger partial charge on any atom is -0.389 e. The predicted octanol–water partition coefficient (Wildman–Crippen LogP) is 3.61. The Bertz CT molecular complexity index is 321. The Labute approximate surface area is 99.6 Å². The van der Waals surface area contributed by atoms with Gasteiger partial charge < -0.3 is 5.11 Å². The highest BCUT2D eigenvalue weighted by molar-refractivity contribution is 5.19. The lowest BCUT2D eigenvalue weighted by Gasteiger charge is -2.56. The molecule has 1 N–H and O–H groups in total. The van der Waals surface area contributed by atoms with E-state index in [1.807, 2.05) is 0 Å². The minimum atomic E-state index is -0.341. The maximum atomic E-state index is 11.2. The summed E-state index contributed by atoms with van der Waals surface area (Å²) in [6.07, 6.45) is 6.12. The van der Waals surface area contributed by atoms with E-state index >= 15 is 0 Å². The van der Waals surface area contributed by atoms with Gasteiger partial charge in [0.25, 0.3) is 0 Å². The first-order valence-corrected chi connectivity index (χ1v) is 7.03. The topological polar surface area (TPSA) is 20.2 Å².